The van der Waals surface area contributed by atoms with Crippen LogP contribution >= 0.6 is 22.6 Å². The molecule has 1 rings (SSSR count). The SMILES string of the molecule is COc1ccc(I)c(NC(C)C)c1. The van der Waals surface area contributed by atoms with Crippen LogP contribution in [-0.2, 0) is 0 Å². The fourth-order valence-electron chi connectivity index (χ4n) is 1.05. The quantitative estimate of drug-likeness (QED) is 0.864. The van der Waals surface area contributed by atoms with Crippen molar-refractivity contribution >= 4 is 28.3 Å². The molecule has 0 radical (unpaired) electrons. The molecule has 1 N–H and O–H groups in total. The third-order valence-corrected chi connectivity index (χ3v) is 2.56. The minimum atomic E-state index is 0.445. The van der Waals surface area contributed by atoms with Crippen molar-refractivity contribution in [3.05, 3.63) is 21.8 Å². The van der Waals surface area contributed by atoms with Gasteiger partial charge in [0.1, 0.15) is 5.75 Å². The summed E-state index contributed by atoms with van der Waals surface area (Å²) in [6.07, 6.45) is 0. The first-order valence-corrected chi connectivity index (χ1v) is 5.31. The summed E-state index contributed by atoms with van der Waals surface area (Å²) in [5.41, 5.74) is 1.13. The van der Waals surface area contributed by atoms with Gasteiger partial charge in [-0.15, -0.1) is 0 Å². The van der Waals surface area contributed by atoms with E-state index in [1.165, 1.54) is 3.57 Å². The zero-order valence-corrected chi connectivity index (χ0v) is 10.3. The third kappa shape index (κ3) is 3.06. The summed E-state index contributed by atoms with van der Waals surface area (Å²) >= 11 is 2.31. The lowest BCUT2D eigenvalue weighted by Gasteiger charge is -2.12. The Bertz CT molecular complexity index is 286. The Hall–Kier alpha value is -0.450. The summed E-state index contributed by atoms with van der Waals surface area (Å²) < 4.78 is 6.36. The summed E-state index contributed by atoms with van der Waals surface area (Å²) in [4.78, 5) is 0. The molecule has 0 spiro atoms. The molecule has 0 aliphatic heterocycles. The molecule has 3 heteroatoms. The first kappa shape index (κ1) is 10.6. The van der Waals surface area contributed by atoms with Gasteiger partial charge in [-0.05, 0) is 48.6 Å². The molecule has 0 aliphatic rings. The Balaban J connectivity index is 2.90. The number of hydrogen-bond acceptors (Lipinski definition) is 2. The second kappa shape index (κ2) is 4.69. The molecule has 1 aromatic carbocycles. The first-order valence-electron chi connectivity index (χ1n) is 4.23. The van der Waals surface area contributed by atoms with E-state index in [2.05, 4.69) is 41.8 Å². The number of ether oxygens (including phenoxy) is 1. The van der Waals surface area contributed by atoms with Gasteiger partial charge in [-0.3, -0.25) is 0 Å². The van der Waals surface area contributed by atoms with Crippen LogP contribution in [0.3, 0.4) is 0 Å². The summed E-state index contributed by atoms with van der Waals surface area (Å²) in [6, 6.07) is 6.47. The van der Waals surface area contributed by atoms with Gasteiger partial charge >= 0.3 is 0 Å². The molecule has 0 atom stereocenters. The molecule has 13 heavy (non-hydrogen) atoms. The van der Waals surface area contributed by atoms with Crippen molar-refractivity contribution in [1.82, 2.24) is 0 Å². The number of nitrogens with one attached hydrogen (secondary N) is 1. The van der Waals surface area contributed by atoms with Crippen LogP contribution in [-0.4, -0.2) is 13.2 Å². The van der Waals surface area contributed by atoms with Crippen molar-refractivity contribution in [1.29, 1.82) is 0 Å². The highest BCUT2D eigenvalue weighted by molar-refractivity contribution is 14.1. The lowest BCUT2D eigenvalue weighted by molar-refractivity contribution is 0.415. The van der Waals surface area contributed by atoms with Crippen molar-refractivity contribution in [2.24, 2.45) is 0 Å². The van der Waals surface area contributed by atoms with Crippen LogP contribution in [0.5, 0.6) is 5.75 Å². The normalized spacial score (nSPS) is 10.2. The molecule has 0 unspecified atom stereocenters. The maximum atomic E-state index is 5.15. The lowest BCUT2D eigenvalue weighted by atomic mass is 10.2. The van der Waals surface area contributed by atoms with Crippen molar-refractivity contribution in [2.75, 3.05) is 12.4 Å². The zero-order valence-electron chi connectivity index (χ0n) is 8.10. The Labute approximate surface area is 92.8 Å². The fraction of sp³-hybridized carbons (Fsp3) is 0.400. The van der Waals surface area contributed by atoms with Crippen LogP contribution in [0.25, 0.3) is 0 Å². The predicted molar refractivity (Wildman–Crippen MR) is 64.5 cm³/mol. The van der Waals surface area contributed by atoms with Gasteiger partial charge < -0.3 is 10.1 Å². The Morgan fingerprint density at radius 1 is 1.38 bits per heavy atom. The molecule has 0 aliphatic carbocycles. The van der Waals surface area contributed by atoms with Gasteiger partial charge in [-0.1, -0.05) is 0 Å². The highest BCUT2D eigenvalue weighted by Crippen LogP contribution is 2.24. The van der Waals surface area contributed by atoms with Gasteiger partial charge in [0, 0.05) is 15.7 Å². The van der Waals surface area contributed by atoms with Crippen LogP contribution in [0.2, 0.25) is 0 Å². The average Bonchev–Trinajstić information content (AvgIpc) is 2.08. The molecule has 0 heterocycles. The van der Waals surface area contributed by atoms with Gasteiger partial charge in [-0.2, -0.15) is 0 Å². The molecule has 72 valence electrons. The summed E-state index contributed by atoms with van der Waals surface area (Å²) in [7, 11) is 1.68. The summed E-state index contributed by atoms with van der Waals surface area (Å²) in [5, 5.41) is 3.36. The number of benzene rings is 1. The maximum absolute atomic E-state index is 5.15. The monoisotopic (exact) mass is 291 g/mol. The van der Waals surface area contributed by atoms with E-state index in [1.807, 2.05) is 18.2 Å². The van der Waals surface area contributed by atoms with Gasteiger partial charge in [0.05, 0.1) is 12.8 Å². The van der Waals surface area contributed by atoms with Gasteiger partial charge in [0.25, 0.3) is 0 Å². The minimum absolute atomic E-state index is 0.445. The zero-order chi connectivity index (χ0) is 9.84. The van der Waals surface area contributed by atoms with E-state index < -0.39 is 0 Å². The minimum Gasteiger partial charge on any atom is -0.497 e. The van der Waals surface area contributed by atoms with E-state index in [0.717, 1.165) is 11.4 Å². The summed E-state index contributed by atoms with van der Waals surface area (Å²) in [6.45, 7) is 4.24. The predicted octanol–water partition coefficient (Wildman–Crippen LogP) is 3.12. The molecule has 0 bridgehead atoms. The molecule has 1 aromatic rings. The standard InChI is InChI=1S/C10H14INO/c1-7(2)12-10-6-8(13-3)4-5-9(10)11/h4-7,12H,1-3H3. The molecule has 0 saturated carbocycles. The Morgan fingerprint density at radius 3 is 2.62 bits per heavy atom. The largest absolute Gasteiger partial charge is 0.497 e. The van der Waals surface area contributed by atoms with E-state index >= 15 is 0 Å². The molecule has 0 fully saturated rings. The molecular weight excluding hydrogens is 277 g/mol. The van der Waals surface area contributed by atoms with Crippen LogP contribution in [0.1, 0.15) is 13.8 Å². The number of rotatable bonds is 3. The number of halogens is 1. The second-order valence-corrected chi connectivity index (χ2v) is 4.31. The Morgan fingerprint density at radius 2 is 2.08 bits per heavy atom. The van der Waals surface area contributed by atoms with Crippen molar-refractivity contribution in [2.45, 2.75) is 19.9 Å². The smallest absolute Gasteiger partial charge is 0.120 e. The van der Waals surface area contributed by atoms with Crippen LogP contribution in [0.15, 0.2) is 18.2 Å². The molecule has 0 amide bonds. The highest BCUT2D eigenvalue weighted by atomic mass is 127. The van der Waals surface area contributed by atoms with Crippen LogP contribution < -0.4 is 10.1 Å². The molecule has 0 aromatic heterocycles. The van der Waals surface area contributed by atoms with E-state index in [4.69, 9.17) is 4.74 Å². The number of hydrogen-bond donors (Lipinski definition) is 1. The van der Waals surface area contributed by atoms with Gasteiger partial charge in [0.15, 0.2) is 0 Å². The van der Waals surface area contributed by atoms with E-state index in [1.54, 1.807) is 7.11 Å². The Kier molecular flexibility index (Phi) is 3.84. The second-order valence-electron chi connectivity index (χ2n) is 3.14. The first-order chi connectivity index (χ1) is 6.13. The molecular formula is C10H14INO. The maximum Gasteiger partial charge on any atom is 0.120 e. The van der Waals surface area contributed by atoms with Crippen molar-refractivity contribution in [3.8, 4) is 5.75 Å². The van der Waals surface area contributed by atoms with Gasteiger partial charge in [-0.25, -0.2) is 0 Å². The molecule has 0 saturated heterocycles. The third-order valence-electron chi connectivity index (χ3n) is 1.62. The topological polar surface area (TPSA) is 21.3 Å². The van der Waals surface area contributed by atoms with Crippen molar-refractivity contribution in [3.63, 3.8) is 0 Å². The van der Waals surface area contributed by atoms with Crippen LogP contribution in [0.4, 0.5) is 5.69 Å². The number of anilines is 1. The fourth-order valence-corrected chi connectivity index (χ4v) is 1.54. The number of methoxy groups -OCH3 is 1. The highest BCUT2D eigenvalue weighted by Gasteiger charge is 2.02. The summed E-state index contributed by atoms with van der Waals surface area (Å²) in [5.74, 6) is 0.892. The van der Waals surface area contributed by atoms with E-state index in [9.17, 15) is 0 Å². The van der Waals surface area contributed by atoms with Crippen molar-refractivity contribution < 1.29 is 4.74 Å². The van der Waals surface area contributed by atoms with E-state index in [0.29, 0.717) is 6.04 Å². The van der Waals surface area contributed by atoms with Gasteiger partial charge in [0.2, 0.25) is 0 Å². The average molecular weight is 291 g/mol. The van der Waals surface area contributed by atoms with E-state index in [-0.39, 0.29) is 0 Å². The lowest BCUT2D eigenvalue weighted by Crippen LogP contribution is -2.10. The molecule has 2 nitrogen and oxygen atoms in total. The van der Waals surface area contributed by atoms with Crippen LogP contribution in [0, 0.1) is 3.57 Å².